The highest BCUT2D eigenvalue weighted by Gasteiger charge is 2.10. The quantitative estimate of drug-likeness (QED) is 0.683. The van der Waals surface area contributed by atoms with Gasteiger partial charge in [0.25, 0.3) is 5.91 Å². The summed E-state index contributed by atoms with van der Waals surface area (Å²) >= 11 is 0. The van der Waals surface area contributed by atoms with Crippen LogP contribution < -0.4 is 15.6 Å². The number of hydrogen-bond acceptors (Lipinski definition) is 4. The molecule has 0 radical (unpaired) electrons. The van der Waals surface area contributed by atoms with E-state index in [0.717, 1.165) is 27.8 Å². The van der Waals surface area contributed by atoms with Crippen molar-refractivity contribution >= 4 is 22.7 Å². The number of aromatic nitrogens is 1. The predicted molar refractivity (Wildman–Crippen MR) is 103 cm³/mol. The van der Waals surface area contributed by atoms with Gasteiger partial charge in [-0.2, -0.15) is 0 Å². The number of nitrogens with one attached hydrogen (secondary N) is 2. The van der Waals surface area contributed by atoms with E-state index in [0.29, 0.717) is 0 Å². The van der Waals surface area contributed by atoms with Crippen LogP contribution in [0, 0.1) is 13.8 Å². The molecule has 0 aliphatic heterocycles. The fraction of sp³-hybridized carbons (Fsp3) is 0.190. The van der Waals surface area contributed by atoms with E-state index in [2.05, 4.69) is 15.8 Å². The van der Waals surface area contributed by atoms with Crippen LogP contribution in [0.3, 0.4) is 0 Å². The lowest BCUT2D eigenvalue weighted by atomic mass is 10.1. The molecule has 2 N–H and O–H groups in total. The average Bonchev–Trinajstić information content (AvgIpc) is 2.68. The third-order valence-electron chi connectivity index (χ3n) is 4.08. The van der Waals surface area contributed by atoms with Crippen molar-refractivity contribution in [3.63, 3.8) is 0 Å². The van der Waals surface area contributed by atoms with Gasteiger partial charge in [0, 0.05) is 5.39 Å². The minimum atomic E-state index is -0.468. The highest BCUT2D eigenvalue weighted by molar-refractivity contribution is 5.95. The van der Waals surface area contributed by atoms with Crippen LogP contribution in [-0.4, -0.2) is 23.4 Å². The molecule has 1 heterocycles. The highest BCUT2D eigenvalue weighted by Crippen LogP contribution is 2.19. The fourth-order valence-corrected chi connectivity index (χ4v) is 2.56. The van der Waals surface area contributed by atoms with Gasteiger partial charge in [-0.05, 0) is 43.2 Å². The van der Waals surface area contributed by atoms with Gasteiger partial charge < -0.3 is 4.74 Å². The summed E-state index contributed by atoms with van der Waals surface area (Å²) < 4.78 is 5.64. The molecule has 0 atom stereocenters. The van der Waals surface area contributed by atoms with Gasteiger partial charge in [-0.3, -0.25) is 20.4 Å². The van der Waals surface area contributed by atoms with Gasteiger partial charge in [-0.15, -0.1) is 0 Å². The summed E-state index contributed by atoms with van der Waals surface area (Å²) in [6.45, 7) is 4.15. The van der Waals surface area contributed by atoms with Gasteiger partial charge in [0.15, 0.2) is 0 Å². The lowest BCUT2D eigenvalue weighted by Crippen LogP contribution is -2.42. The van der Waals surface area contributed by atoms with Crippen LogP contribution in [0.5, 0.6) is 5.75 Å². The van der Waals surface area contributed by atoms with Crippen LogP contribution >= 0.6 is 0 Å². The minimum absolute atomic E-state index is 0.124. The third kappa shape index (κ3) is 4.82. The second kappa shape index (κ2) is 8.31. The molecule has 6 heteroatoms. The largest absolute Gasteiger partial charge is 0.493 e. The number of amides is 2. The number of nitrogens with zero attached hydrogens (tertiary/aromatic N) is 1. The molecule has 2 amide bonds. The fourth-order valence-electron chi connectivity index (χ4n) is 2.56. The SMILES string of the molecule is Cc1ccc(C)c(OCCC(=O)NNC(=O)c2ccc3ccccc3n2)c1. The highest BCUT2D eigenvalue weighted by atomic mass is 16.5. The molecule has 0 aliphatic rings. The van der Waals surface area contributed by atoms with E-state index in [-0.39, 0.29) is 24.6 Å². The summed E-state index contributed by atoms with van der Waals surface area (Å²) in [5.74, 6) is -0.0498. The molecule has 1 aromatic heterocycles. The monoisotopic (exact) mass is 363 g/mol. The number of rotatable bonds is 5. The molecule has 0 spiro atoms. The molecule has 27 heavy (non-hydrogen) atoms. The maximum Gasteiger partial charge on any atom is 0.288 e. The zero-order chi connectivity index (χ0) is 19.2. The van der Waals surface area contributed by atoms with Crippen LogP contribution in [-0.2, 0) is 4.79 Å². The van der Waals surface area contributed by atoms with Crippen LogP contribution in [0.25, 0.3) is 10.9 Å². The Morgan fingerprint density at radius 3 is 2.67 bits per heavy atom. The molecule has 3 rings (SSSR count). The molecule has 0 saturated heterocycles. The number of carbonyl (C=O) groups is 2. The van der Waals surface area contributed by atoms with Crippen molar-refractivity contribution in [2.45, 2.75) is 20.3 Å². The maximum atomic E-state index is 12.2. The summed E-state index contributed by atoms with van der Waals surface area (Å²) in [6.07, 6.45) is 0.124. The first kappa shape index (κ1) is 18.4. The van der Waals surface area contributed by atoms with E-state index < -0.39 is 5.91 Å². The van der Waals surface area contributed by atoms with Crippen molar-refractivity contribution in [3.8, 4) is 5.75 Å². The minimum Gasteiger partial charge on any atom is -0.493 e. The molecule has 0 aliphatic carbocycles. The number of para-hydroxylation sites is 1. The van der Waals surface area contributed by atoms with Gasteiger partial charge >= 0.3 is 0 Å². The molecule has 138 valence electrons. The Balaban J connectivity index is 1.48. The summed E-state index contributed by atoms with van der Waals surface area (Å²) in [5.41, 5.74) is 7.82. The van der Waals surface area contributed by atoms with E-state index in [1.807, 2.05) is 62.4 Å². The second-order valence-electron chi connectivity index (χ2n) is 6.26. The van der Waals surface area contributed by atoms with Crippen LogP contribution in [0.15, 0.2) is 54.6 Å². The Bertz CT molecular complexity index is 985. The Hall–Kier alpha value is -3.41. The number of fused-ring (bicyclic) bond motifs is 1. The zero-order valence-electron chi connectivity index (χ0n) is 15.3. The molecule has 0 unspecified atom stereocenters. The van der Waals surface area contributed by atoms with E-state index in [1.165, 1.54) is 0 Å². The zero-order valence-corrected chi connectivity index (χ0v) is 15.3. The molecule has 0 saturated carbocycles. The molecule has 0 fully saturated rings. The first-order valence-corrected chi connectivity index (χ1v) is 8.68. The van der Waals surface area contributed by atoms with Crippen molar-refractivity contribution < 1.29 is 14.3 Å². The van der Waals surface area contributed by atoms with Gasteiger partial charge in [0.05, 0.1) is 18.5 Å². The summed E-state index contributed by atoms with van der Waals surface area (Å²) in [7, 11) is 0. The molecule has 0 bridgehead atoms. The van der Waals surface area contributed by atoms with Crippen molar-refractivity contribution in [2.24, 2.45) is 0 Å². The number of aryl methyl sites for hydroxylation is 2. The first-order chi connectivity index (χ1) is 13.0. The van der Waals surface area contributed by atoms with Crippen molar-refractivity contribution in [2.75, 3.05) is 6.61 Å². The number of ether oxygens (including phenoxy) is 1. The molecular weight excluding hydrogens is 342 g/mol. The number of carbonyl (C=O) groups excluding carboxylic acids is 2. The van der Waals surface area contributed by atoms with Crippen LogP contribution in [0.2, 0.25) is 0 Å². The van der Waals surface area contributed by atoms with Gasteiger partial charge in [0.1, 0.15) is 11.4 Å². The second-order valence-corrected chi connectivity index (χ2v) is 6.26. The van der Waals surface area contributed by atoms with Crippen molar-refractivity contribution in [3.05, 3.63) is 71.4 Å². The Labute approximate surface area is 157 Å². The van der Waals surface area contributed by atoms with E-state index in [4.69, 9.17) is 4.74 Å². The Morgan fingerprint density at radius 1 is 1.00 bits per heavy atom. The average molecular weight is 363 g/mol. The number of hydrogen-bond donors (Lipinski definition) is 2. The Kier molecular flexibility index (Phi) is 5.66. The van der Waals surface area contributed by atoms with E-state index in [9.17, 15) is 9.59 Å². The van der Waals surface area contributed by atoms with Crippen LogP contribution in [0.4, 0.5) is 0 Å². The van der Waals surface area contributed by atoms with E-state index >= 15 is 0 Å². The maximum absolute atomic E-state index is 12.2. The summed E-state index contributed by atoms with van der Waals surface area (Å²) in [4.78, 5) is 28.3. The topological polar surface area (TPSA) is 80.3 Å². The third-order valence-corrected chi connectivity index (χ3v) is 4.08. The summed E-state index contributed by atoms with van der Waals surface area (Å²) in [5, 5.41) is 0.946. The molecule has 2 aromatic carbocycles. The number of benzene rings is 2. The predicted octanol–water partition coefficient (Wildman–Crippen LogP) is 3.08. The lowest BCUT2D eigenvalue weighted by Gasteiger charge is -2.10. The van der Waals surface area contributed by atoms with Crippen molar-refractivity contribution in [1.82, 2.24) is 15.8 Å². The van der Waals surface area contributed by atoms with Crippen LogP contribution in [0.1, 0.15) is 28.0 Å². The Morgan fingerprint density at radius 2 is 1.81 bits per heavy atom. The molecule has 3 aromatic rings. The normalized spacial score (nSPS) is 10.4. The lowest BCUT2D eigenvalue weighted by molar-refractivity contribution is -0.122. The number of hydrazine groups is 1. The van der Waals surface area contributed by atoms with Gasteiger partial charge in [-0.25, -0.2) is 4.98 Å². The molecule has 6 nitrogen and oxygen atoms in total. The summed E-state index contributed by atoms with van der Waals surface area (Å²) in [6, 6.07) is 16.9. The first-order valence-electron chi connectivity index (χ1n) is 8.68. The van der Waals surface area contributed by atoms with Crippen molar-refractivity contribution in [1.29, 1.82) is 0 Å². The standard InChI is InChI=1S/C21H21N3O3/c1-14-7-8-15(2)19(13-14)27-12-11-20(25)23-24-21(26)18-10-9-16-5-3-4-6-17(16)22-18/h3-10,13H,11-12H2,1-2H3,(H,23,25)(H,24,26). The smallest absolute Gasteiger partial charge is 0.288 e. The number of pyridine rings is 1. The molecular formula is C21H21N3O3. The van der Waals surface area contributed by atoms with Gasteiger partial charge in [0.2, 0.25) is 5.91 Å². The van der Waals surface area contributed by atoms with Gasteiger partial charge in [-0.1, -0.05) is 36.4 Å². The van der Waals surface area contributed by atoms with E-state index in [1.54, 1.807) is 6.07 Å².